The number of benzene rings is 3. The smallest absolute Gasteiger partial charge is 0.345 e. The van der Waals surface area contributed by atoms with Gasteiger partial charge in [0.2, 0.25) is 0 Å². The minimum Gasteiger partial charge on any atom is -0.508 e. The number of nitrogens with zero attached hydrogens (tertiary/aromatic N) is 1. The molecular formula is C21H14Cl2N2O5. The third kappa shape index (κ3) is 5.50. The molecule has 0 bridgehead atoms. The van der Waals surface area contributed by atoms with Crippen LogP contribution in [0.1, 0.15) is 26.3 Å². The molecule has 0 aliphatic heterocycles. The summed E-state index contributed by atoms with van der Waals surface area (Å²) in [6, 6.07) is 14.4. The van der Waals surface area contributed by atoms with E-state index in [1.165, 1.54) is 42.6 Å². The molecule has 0 saturated heterocycles. The summed E-state index contributed by atoms with van der Waals surface area (Å²) in [6.45, 7) is 0. The molecule has 1 amide bonds. The summed E-state index contributed by atoms with van der Waals surface area (Å²) < 4.78 is 5.31. The number of esters is 1. The highest BCUT2D eigenvalue weighted by Crippen LogP contribution is 2.23. The van der Waals surface area contributed by atoms with Crippen LogP contribution >= 0.6 is 23.2 Å². The van der Waals surface area contributed by atoms with E-state index in [1.54, 1.807) is 18.2 Å². The van der Waals surface area contributed by atoms with Crippen LogP contribution in [0, 0.1) is 0 Å². The summed E-state index contributed by atoms with van der Waals surface area (Å²) in [5, 5.41) is 23.2. The predicted octanol–water partition coefficient (Wildman–Crippen LogP) is 4.39. The Hall–Kier alpha value is -3.55. The van der Waals surface area contributed by atoms with Crippen LogP contribution in [0.4, 0.5) is 0 Å². The van der Waals surface area contributed by atoms with Crippen molar-refractivity contribution in [1.29, 1.82) is 0 Å². The molecule has 3 aromatic carbocycles. The van der Waals surface area contributed by atoms with Crippen molar-refractivity contribution in [3.8, 4) is 17.2 Å². The van der Waals surface area contributed by atoms with E-state index >= 15 is 0 Å². The van der Waals surface area contributed by atoms with E-state index in [0.29, 0.717) is 10.6 Å². The second-order valence-electron chi connectivity index (χ2n) is 6.02. The zero-order chi connectivity index (χ0) is 21.7. The lowest BCUT2D eigenvalue weighted by Crippen LogP contribution is -2.17. The van der Waals surface area contributed by atoms with Crippen LogP contribution in [0.25, 0.3) is 0 Å². The number of nitrogens with one attached hydrogen (secondary N) is 1. The lowest BCUT2D eigenvalue weighted by atomic mass is 10.2. The van der Waals surface area contributed by atoms with Gasteiger partial charge < -0.3 is 14.9 Å². The van der Waals surface area contributed by atoms with Gasteiger partial charge in [-0.15, -0.1) is 0 Å². The van der Waals surface area contributed by atoms with Crippen molar-refractivity contribution >= 4 is 41.3 Å². The fourth-order valence-corrected chi connectivity index (χ4v) is 2.92. The summed E-state index contributed by atoms with van der Waals surface area (Å²) in [6.07, 6.45) is 1.34. The van der Waals surface area contributed by atoms with Crippen molar-refractivity contribution < 1.29 is 24.5 Å². The third-order valence-electron chi connectivity index (χ3n) is 3.76. The van der Waals surface area contributed by atoms with Gasteiger partial charge in [-0.3, -0.25) is 4.79 Å². The first-order valence-electron chi connectivity index (χ1n) is 8.45. The highest BCUT2D eigenvalue weighted by molar-refractivity contribution is 6.36. The van der Waals surface area contributed by atoms with E-state index in [-0.39, 0.29) is 33.4 Å². The van der Waals surface area contributed by atoms with Crippen LogP contribution < -0.4 is 10.2 Å². The summed E-state index contributed by atoms with van der Waals surface area (Å²) in [4.78, 5) is 24.3. The van der Waals surface area contributed by atoms with Gasteiger partial charge >= 0.3 is 5.97 Å². The lowest BCUT2D eigenvalue weighted by molar-refractivity contribution is 0.0734. The molecule has 0 radical (unpaired) electrons. The Morgan fingerprint density at radius 3 is 2.40 bits per heavy atom. The molecule has 9 heteroatoms. The maximum absolute atomic E-state index is 12.3. The van der Waals surface area contributed by atoms with E-state index in [2.05, 4.69) is 10.5 Å². The molecule has 0 aliphatic rings. The molecule has 3 aromatic rings. The molecule has 0 aromatic heterocycles. The topological polar surface area (TPSA) is 108 Å². The summed E-state index contributed by atoms with van der Waals surface area (Å²) in [5.74, 6) is -1.53. The largest absolute Gasteiger partial charge is 0.508 e. The molecule has 0 aliphatic carbocycles. The van der Waals surface area contributed by atoms with Gasteiger partial charge in [-0.25, -0.2) is 10.2 Å². The molecule has 3 rings (SSSR count). The minimum atomic E-state index is -0.650. The summed E-state index contributed by atoms with van der Waals surface area (Å²) in [5.41, 5.74) is 3.02. The molecule has 152 valence electrons. The summed E-state index contributed by atoms with van der Waals surface area (Å²) >= 11 is 11.8. The number of hydrogen-bond donors (Lipinski definition) is 3. The first-order chi connectivity index (χ1) is 14.3. The van der Waals surface area contributed by atoms with E-state index in [0.717, 1.165) is 6.07 Å². The van der Waals surface area contributed by atoms with E-state index in [1.807, 2.05) is 0 Å². The number of carbonyl (C=O) groups is 2. The first kappa shape index (κ1) is 21.2. The van der Waals surface area contributed by atoms with Gasteiger partial charge in [-0.1, -0.05) is 35.3 Å². The maximum atomic E-state index is 12.3. The van der Waals surface area contributed by atoms with Crippen molar-refractivity contribution in [3.63, 3.8) is 0 Å². The standard InChI is InChI=1S/C21H14Cl2N2O5/c22-14-4-5-18(19(23)9-14)21(29)30-17-3-1-2-12(6-17)11-24-25-20(28)13-7-15(26)10-16(27)8-13/h1-11,26-27H,(H,25,28). The van der Waals surface area contributed by atoms with Crippen LogP contribution in [-0.4, -0.2) is 28.3 Å². The van der Waals surface area contributed by atoms with E-state index in [4.69, 9.17) is 27.9 Å². The Morgan fingerprint density at radius 1 is 0.967 bits per heavy atom. The zero-order valence-electron chi connectivity index (χ0n) is 15.2. The quantitative estimate of drug-likeness (QED) is 0.234. The Labute approximate surface area is 181 Å². The second-order valence-corrected chi connectivity index (χ2v) is 6.87. The summed E-state index contributed by atoms with van der Waals surface area (Å²) in [7, 11) is 0. The molecule has 30 heavy (non-hydrogen) atoms. The molecule has 0 saturated carbocycles. The Balaban J connectivity index is 1.66. The van der Waals surface area contributed by atoms with Crippen molar-refractivity contribution in [2.45, 2.75) is 0 Å². The molecule has 0 unspecified atom stereocenters. The fraction of sp³-hybridized carbons (Fsp3) is 0. The number of carbonyl (C=O) groups excluding carboxylic acids is 2. The van der Waals surface area contributed by atoms with Crippen molar-refractivity contribution in [1.82, 2.24) is 5.43 Å². The van der Waals surface area contributed by atoms with Crippen LogP contribution in [0.3, 0.4) is 0 Å². The maximum Gasteiger partial charge on any atom is 0.345 e. The predicted molar refractivity (Wildman–Crippen MR) is 113 cm³/mol. The number of amides is 1. The number of phenolic OH excluding ortho intramolecular Hbond substituents is 2. The lowest BCUT2D eigenvalue weighted by Gasteiger charge is -2.07. The molecule has 0 fully saturated rings. The van der Waals surface area contributed by atoms with Gasteiger partial charge in [0, 0.05) is 16.7 Å². The average molecular weight is 445 g/mol. The average Bonchev–Trinajstić information content (AvgIpc) is 2.67. The SMILES string of the molecule is O=C(NN=Cc1cccc(OC(=O)c2ccc(Cl)cc2Cl)c1)c1cc(O)cc(O)c1. The minimum absolute atomic E-state index is 0.0344. The van der Waals surface area contributed by atoms with Gasteiger partial charge in [0.15, 0.2) is 0 Å². The normalized spacial score (nSPS) is 10.7. The van der Waals surface area contributed by atoms with Gasteiger partial charge in [0.05, 0.1) is 16.8 Å². The van der Waals surface area contributed by atoms with Crippen LogP contribution in [0.2, 0.25) is 10.0 Å². The fourth-order valence-electron chi connectivity index (χ4n) is 2.43. The van der Waals surface area contributed by atoms with Crippen molar-refractivity contribution in [3.05, 3.63) is 87.4 Å². The molecule has 0 spiro atoms. The molecule has 7 nitrogen and oxygen atoms in total. The number of aromatic hydroxyl groups is 2. The number of hydrogen-bond acceptors (Lipinski definition) is 6. The van der Waals surface area contributed by atoms with Gasteiger partial charge in [0.1, 0.15) is 17.2 Å². The monoisotopic (exact) mass is 444 g/mol. The Kier molecular flexibility index (Phi) is 6.56. The highest BCUT2D eigenvalue weighted by Gasteiger charge is 2.13. The highest BCUT2D eigenvalue weighted by atomic mass is 35.5. The second kappa shape index (κ2) is 9.30. The number of hydrazone groups is 1. The number of halogens is 2. The van der Waals surface area contributed by atoms with E-state index < -0.39 is 11.9 Å². The Bertz CT molecular complexity index is 1130. The van der Waals surface area contributed by atoms with Crippen LogP contribution in [0.5, 0.6) is 17.2 Å². The first-order valence-corrected chi connectivity index (χ1v) is 9.21. The zero-order valence-corrected chi connectivity index (χ0v) is 16.7. The van der Waals surface area contributed by atoms with E-state index in [9.17, 15) is 19.8 Å². The number of ether oxygens (including phenoxy) is 1. The van der Waals surface area contributed by atoms with Gasteiger partial charge in [-0.05, 0) is 48.0 Å². The van der Waals surface area contributed by atoms with Gasteiger partial charge in [0.25, 0.3) is 5.91 Å². The number of phenols is 2. The van der Waals surface area contributed by atoms with Crippen molar-refractivity contribution in [2.24, 2.45) is 5.10 Å². The van der Waals surface area contributed by atoms with Crippen LogP contribution in [0.15, 0.2) is 65.8 Å². The molecular weight excluding hydrogens is 431 g/mol. The molecule has 0 heterocycles. The van der Waals surface area contributed by atoms with Crippen LogP contribution in [-0.2, 0) is 0 Å². The Morgan fingerprint density at radius 2 is 1.70 bits per heavy atom. The van der Waals surface area contributed by atoms with Crippen molar-refractivity contribution in [2.75, 3.05) is 0 Å². The third-order valence-corrected chi connectivity index (χ3v) is 4.31. The molecule has 0 atom stereocenters. The number of rotatable bonds is 5. The van der Waals surface area contributed by atoms with Gasteiger partial charge in [-0.2, -0.15) is 5.10 Å². The molecule has 3 N–H and O–H groups in total.